The summed E-state index contributed by atoms with van der Waals surface area (Å²) in [6.45, 7) is -0.194. The van der Waals surface area contributed by atoms with Gasteiger partial charge in [0.15, 0.2) is 5.82 Å². The fourth-order valence-electron chi connectivity index (χ4n) is 1.64. The van der Waals surface area contributed by atoms with E-state index in [1.54, 1.807) is 26.5 Å². The molecule has 0 aliphatic heterocycles. The molecule has 0 unspecified atom stereocenters. The number of nitrogens with zero attached hydrogens (tertiary/aromatic N) is 2. The largest absolute Gasteiger partial charge is 0.497 e. The number of aliphatic hydroxyl groups excluding tert-OH is 1. The Bertz CT molecular complexity index is 544. The van der Waals surface area contributed by atoms with Crippen LogP contribution in [0.25, 0.3) is 11.3 Å². The maximum Gasteiger partial charge on any atom is 0.154 e. The van der Waals surface area contributed by atoms with Crippen molar-refractivity contribution in [3.05, 3.63) is 36.3 Å². The van der Waals surface area contributed by atoms with Gasteiger partial charge in [0, 0.05) is 11.8 Å². The topological polar surface area (TPSA) is 64.5 Å². The molecule has 2 rings (SSSR count). The van der Waals surface area contributed by atoms with Crippen molar-refractivity contribution in [1.82, 2.24) is 9.97 Å². The summed E-state index contributed by atoms with van der Waals surface area (Å²) >= 11 is 0. The van der Waals surface area contributed by atoms with Gasteiger partial charge < -0.3 is 14.6 Å². The van der Waals surface area contributed by atoms with Crippen LogP contribution < -0.4 is 9.47 Å². The van der Waals surface area contributed by atoms with Gasteiger partial charge in [-0.1, -0.05) is 0 Å². The van der Waals surface area contributed by atoms with Crippen LogP contribution in [0.3, 0.4) is 0 Å². The van der Waals surface area contributed by atoms with Gasteiger partial charge in [0.2, 0.25) is 0 Å². The summed E-state index contributed by atoms with van der Waals surface area (Å²) < 4.78 is 10.5. The second-order valence-electron chi connectivity index (χ2n) is 3.58. The van der Waals surface area contributed by atoms with E-state index < -0.39 is 0 Å². The highest BCUT2D eigenvalue weighted by molar-refractivity contribution is 5.68. The lowest BCUT2D eigenvalue weighted by Gasteiger charge is -2.10. The molecule has 0 saturated heterocycles. The Hall–Kier alpha value is -2.14. The van der Waals surface area contributed by atoms with Crippen LogP contribution in [0.15, 0.2) is 30.5 Å². The molecule has 0 atom stereocenters. The Morgan fingerprint density at radius 1 is 1.17 bits per heavy atom. The highest BCUT2D eigenvalue weighted by Crippen LogP contribution is 2.31. The lowest BCUT2D eigenvalue weighted by atomic mass is 10.1. The van der Waals surface area contributed by atoms with E-state index in [1.165, 1.54) is 0 Å². The van der Waals surface area contributed by atoms with Crippen LogP contribution in [0.5, 0.6) is 11.5 Å². The smallest absolute Gasteiger partial charge is 0.154 e. The molecule has 0 saturated carbocycles. The summed E-state index contributed by atoms with van der Waals surface area (Å²) in [5.74, 6) is 1.78. The average molecular weight is 246 g/mol. The van der Waals surface area contributed by atoms with Crippen molar-refractivity contribution in [2.24, 2.45) is 0 Å². The van der Waals surface area contributed by atoms with Crippen LogP contribution in [-0.2, 0) is 6.61 Å². The summed E-state index contributed by atoms with van der Waals surface area (Å²) in [5, 5.41) is 9.06. The normalized spacial score (nSPS) is 10.2. The van der Waals surface area contributed by atoms with E-state index in [0.29, 0.717) is 17.3 Å². The SMILES string of the molecule is COc1ccc(OC)c(-c2ccnc(CO)n2)c1. The third-order valence-electron chi connectivity index (χ3n) is 2.53. The molecule has 0 radical (unpaired) electrons. The summed E-state index contributed by atoms with van der Waals surface area (Å²) in [7, 11) is 3.20. The molecule has 0 spiro atoms. The van der Waals surface area contributed by atoms with Crippen LogP contribution in [0, 0.1) is 0 Å². The van der Waals surface area contributed by atoms with Crippen LogP contribution in [0.4, 0.5) is 0 Å². The third-order valence-corrected chi connectivity index (χ3v) is 2.53. The molecule has 1 heterocycles. The van der Waals surface area contributed by atoms with E-state index in [-0.39, 0.29) is 6.61 Å². The minimum Gasteiger partial charge on any atom is -0.497 e. The predicted octanol–water partition coefficient (Wildman–Crippen LogP) is 1.65. The Kier molecular flexibility index (Phi) is 3.74. The standard InChI is InChI=1S/C13H14N2O3/c1-17-9-3-4-12(18-2)10(7-9)11-5-6-14-13(8-16)15-11/h3-7,16H,8H2,1-2H3. The molecule has 2 aromatic rings. The number of benzene rings is 1. The van der Waals surface area contributed by atoms with Crippen molar-refractivity contribution in [1.29, 1.82) is 0 Å². The van der Waals surface area contributed by atoms with E-state index in [9.17, 15) is 0 Å². The average Bonchev–Trinajstić information content (AvgIpc) is 2.46. The van der Waals surface area contributed by atoms with E-state index in [0.717, 1.165) is 11.3 Å². The lowest BCUT2D eigenvalue weighted by molar-refractivity contribution is 0.271. The minimum atomic E-state index is -0.194. The molecule has 18 heavy (non-hydrogen) atoms. The molecule has 0 fully saturated rings. The zero-order valence-electron chi connectivity index (χ0n) is 10.3. The van der Waals surface area contributed by atoms with E-state index in [1.807, 2.05) is 18.2 Å². The number of hydrogen-bond donors (Lipinski definition) is 1. The molecular weight excluding hydrogens is 232 g/mol. The molecule has 94 valence electrons. The van der Waals surface area contributed by atoms with Crippen LogP contribution in [0.2, 0.25) is 0 Å². The van der Waals surface area contributed by atoms with Crippen molar-refractivity contribution < 1.29 is 14.6 Å². The highest BCUT2D eigenvalue weighted by Gasteiger charge is 2.09. The van der Waals surface area contributed by atoms with Crippen molar-refractivity contribution in [2.45, 2.75) is 6.61 Å². The lowest BCUT2D eigenvalue weighted by Crippen LogP contribution is -1.97. The van der Waals surface area contributed by atoms with Gasteiger partial charge in [-0.05, 0) is 24.3 Å². The van der Waals surface area contributed by atoms with Gasteiger partial charge in [0.1, 0.15) is 18.1 Å². The number of aromatic nitrogens is 2. The molecule has 0 amide bonds. The number of ether oxygens (including phenoxy) is 2. The summed E-state index contributed by atoms with van der Waals surface area (Å²) in [6.07, 6.45) is 1.60. The molecular formula is C13H14N2O3. The quantitative estimate of drug-likeness (QED) is 0.888. The fourth-order valence-corrected chi connectivity index (χ4v) is 1.64. The van der Waals surface area contributed by atoms with Gasteiger partial charge in [0.05, 0.1) is 19.9 Å². The highest BCUT2D eigenvalue weighted by atomic mass is 16.5. The van der Waals surface area contributed by atoms with Gasteiger partial charge >= 0.3 is 0 Å². The summed E-state index contributed by atoms with van der Waals surface area (Å²) in [5.41, 5.74) is 1.48. The first kappa shape index (κ1) is 12.3. The van der Waals surface area contributed by atoms with Gasteiger partial charge in [-0.3, -0.25) is 0 Å². The molecule has 0 bridgehead atoms. The van der Waals surface area contributed by atoms with E-state index in [4.69, 9.17) is 14.6 Å². The monoisotopic (exact) mass is 246 g/mol. The number of aliphatic hydroxyl groups is 1. The zero-order chi connectivity index (χ0) is 13.0. The Balaban J connectivity index is 2.53. The van der Waals surface area contributed by atoms with Gasteiger partial charge in [-0.15, -0.1) is 0 Å². The van der Waals surface area contributed by atoms with Crippen LogP contribution in [-0.4, -0.2) is 29.3 Å². The maximum atomic E-state index is 9.06. The van der Waals surface area contributed by atoms with Crippen molar-refractivity contribution >= 4 is 0 Å². The molecule has 5 heteroatoms. The van der Waals surface area contributed by atoms with Crippen molar-refractivity contribution in [2.75, 3.05) is 14.2 Å². The zero-order valence-corrected chi connectivity index (χ0v) is 10.3. The molecule has 1 N–H and O–H groups in total. The Morgan fingerprint density at radius 2 is 2.00 bits per heavy atom. The van der Waals surface area contributed by atoms with Crippen LogP contribution >= 0.6 is 0 Å². The van der Waals surface area contributed by atoms with Crippen molar-refractivity contribution in [3.8, 4) is 22.8 Å². The van der Waals surface area contributed by atoms with Gasteiger partial charge in [-0.25, -0.2) is 9.97 Å². The number of rotatable bonds is 4. The summed E-state index contributed by atoms with van der Waals surface area (Å²) in [4.78, 5) is 8.20. The van der Waals surface area contributed by atoms with Gasteiger partial charge in [-0.2, -0.15) is 0 Å². The number of methoxy groups -OCH3 is 2. The molecule has 1 aromatic heterocycles. The Labute approximate surface area is 105 Å². The first-order valence-corrected chi connectivity index (χ1v) is 5.43. The van der Waals surface area contributed by atoms with E-state index >= 15 is 0 Å². The second kappa shape index (κ2) is 5.46. The minimum absolute atomic E-state index is 0.194. The predicted molar refractivity (Wildman–Crippen MR) is 66.5 cm³/mol. The third kappa shape index (κ3) is 2.41. The first-order valence-electron chi connectivity index (χ1n) is 5.43. The van der Waals surface area contributed by atoms with Crippen LogP contribution in [0.1, 0.15) is 5.82 Å². The molecule has 0 aliphatic rings. The molecule has 5 nitrogen and oxygen atoms in total. The van der Waals surface area contributed by atoms with E-state index in [2.05, 4.69) is 9.97 Å². The Morgan fingerprint density at radius 3 is 2.67 bits per heavy atom. The fraction of sp³-hybridized carbons (Fsp3) is 0.231. The first-order chi connectivity index (χ1) is 8.78. The van der Waals surface area contributed by atoms with Crippen molar-refractivity contribution in [3.63, 3.8) is 0 Å². The molecule has 0 aliphatic carbocycles. The number of hydrogen-bond acceptors (Lipinski definition) is 5. The second-order valence-corrected chi connectivity index (χ2v) is 3.58. The molecule has 1 aromatic carbocycles. The maximum absolute atomic E-state index is 9.06. The van der Waals surface area contributed by atoms with Gasteiger partial charge in [0.25, 0.3) is 0 Å². The summed E-state index contributed by atoms with van der Waals surface area (Å²) in [6, 6.07) is 7.23.